The molecule has 1 aromatic carbocycles. The van der Waals surface area contributed by atoms with E-state index in [-0.39, 0.29) is 28.8 Å². The number of hydrogen-bond acceptors (Lipinski definition) is 9. The molecule has 0 unspecified atom stereocenters. The molecule has 1 saturated heterocycles. The van der Waals surface area contributed by atoms with Gasteiger partial charge < -0.3 is 20.7 Å². The maximum atomic E-state index is 12.2. The number of amides is 1. The fourth-order valence-electron chi connectivity index (χ4n) is 4.15. The number of aromatic nitrogens is 4. The third-order valence-corrected chi connectivity index (χ3v) is 6.04. The topological polar surface area (TPSA) is 154 Å². The molecule has 3 N–H and O–H groups in total. The molecule has 1 fully saturated rings. The number of primary amides is 1. The summed E-state index contributed by atoms with van der Waals surface area (Å²) in [7, 11) is 4.00. The Labute approximate surface area is 202 Å². The average molecular weight is 481 g/mol. The lowest BCUT2D eigenvalue weighted by molar-refractivity contribution is -0.384. The lowest BCUT2D eigenvalue weighted by atomic mass is 9.94. The maximum absolute atomic E-state index is 12.2. The molecule has 0 spiro atoms. The highest BCUT2D eigenvalue weighted by Gasteiger charge is 2.24. The van der Waals surface area contributed by atoms with Crippen LogP contribution in [0.25, 0.3) is 0 Å². The second kappa shape index (κ2) is 10.1. The molecule has 3 heterocycles. The summed E-state index contributed by atoms with van der Waals surface area (Å²) in [5.74, 6) is 0.585. The van der Waals surface area contributed by atoms with Crippen LogP contribution in [0.15, 0.2) is 30.3 Å². The molecule has 0 bridgehead atoms. The predicted octanol–water partition coefficient (Wildman–Crippen LogP) is 3.12. The first-order valence-electron chi connectivity index (χ1n) is 11.4. The number of benzene rings is 1. The van der Waals surface area contributed by atoms with Crippen molar-refractivity contribution >= 4 is 23.2 Å². The van der Waals surface area contributed by atoms with Crippen LogP contribution in [0.2, 0.25) is 0 Å². The van der Waals surface area contributed by atoms with Gasteiger partial charge in [-0.3, -0.25) is 19.6 Å². The highest BCUT2D eigenvalue weighted by Crippen LogP contribution is 2.32. The van der Waals surface area contributed by atoms with Gasteiger partial charge in [0.1, 0.15) is 11.4 Å². The quantitative estimate of drug-likeness (QED) is 0.365. The monoisotopic (exact) mass is 480 g/mol. The standard InChI is InChI=1S/C23H28N8O4/c1-4-17-23(35-16-7-5-6-15(12-16)31(33)34)27-22(20(25-17)21(24)32)26-19-13-18(30(3)28-19)14-8-10-29(2)11-9-14/h5-7,12-14H,4,8-11H2,1-3H3,(H2,24,32)(H,26,27,28). The summed E-state index contributed by atoms with van der Waals surface area (Å²) in [5, 5.41) is 18.7. The Hall–Kier alpha value is -4.06. The Morgan fingerprint density at radius 1 is 1.26 bits per heavy atom. The molecular formula is C23H28N8O4. The fourth-order valence-corrected chi connectivity index (χ4v) is 4.15. The normalized spacial score (nSPS) is 14.6. The van der Waals surface area contributed by atoms with Crippen LogP contribution in [0.3, 0.4) is 0 Å². The number of carbonyl (C=O) groups is 1. The molecular weight excluding hydrogens is 452 g/mol. The van der Waals surface area contributed by atoms with Crippen molar-refractivity contribution in [3.63, 3.8) is 0 Å². The number of nitrogens with one attached hydrogen (secondary N) is 1. The minimum atomic E-state index is -0.747. The summed E-state index contributed by atoms with van der Waals surface area (Å²) in [4.78, 5) is 33.9. The van der Waals surface area contributed by atoms with Gasteiger partial charge in [-0.1, -0.05) is 13.0 Å². The van der Waals surface area contributed by atoms with E-state index in [0.29, 0.717) is 23.9 Å². The van der Waals surface area contributed by atoms with E-state index in [0.717, 1.165) is 31.6 Å². The van der Waals surface area contributed by atoms with Crippen LogP contribution < -0.4 is 15.8 Å². The van der Waals surface area contributed by atoms with E-state index in [1.54, 1.807) is 6.07 Å². The van der Waals surface area contributed by atoms with Crippen LogP contribution in [-0.4, -0.2) is 55.6 Å². The first-order valence-corrected chi connectivity index (χ1v) is 11.4. The van der Waals surface area contributed by atoms with E-state index in [1.165, 1.54) is 18.2 Å². The lowest BCUT2D eigenvalue weighted by Crippen LogP contribution is -2.29. The highest BCUT2D eigenvalue weighted by atomic mass is 16.6. The lowest BCUT2D eigenvalue weighted by Gasteiger charge is -2.28. The second-order valence-corrected chi connectivity index (χ2v) is 8.53. The highest BCUT2D eigenvalue weighted by molar-refractivity contribution is 5.96. The van der Waals surface area contributed by atoms with Gasteiger partial charge in [0.2, 0.25) is 5.88 Å². The van der Waals surface area contributed by atoms with Crippen molar-refractivity contribution in [3.05, 3.63) is 57.5 Å². The minimum Gasteiger partial charge on any atom is -0.437 e. The number of ether oxygens (including phenoxy) is 1. The number of anilines is 2. The Morgan fingerprint density at radius 3 is 2.66 bits per heavy atom. The van der Waals surface area contributed by atoms with Crippen LogP contribution in [0, 0.1) is 10.1 Å². The Bertz CT molecular complexity index is 1250. The van der Waals surface area contributed by atoms with Crippen LogP contribution in [-0.2, 0) is 13.5 Å². The van der Waals surface area contributed by atoms with E-state index in [1.807, 2.05) is 24.7 Å². The van der Waals surface area contributed by atoms with Crippen molar-refractivity contribution in [1.82, 2.24) is 24.6 Å². The van der Waals surface area contributed by atoms with E-state index >= 15 is 0 Å². The number of hydrogen-bond donors (Lipinski definition) is 2. The van der Waals surface area contributed by atoms with Gasteiger partial charge in [-0.25, -0.2) is 4.98 Å². The zero-order valence-corrected chi connectivity index (χ0v) is 19.9. The Morgan fingerprint density at radius 2 is 2.00 bits per heavy atom. The van der Waals surface area contributed by atoms with Gasteiger partial charge in [-0.15, -0.1) is 0 Å². The van der Waals surface area contributed by atoms with Gasteiger partial charge in [-0.05, 0) is 45.5 Å². The van der Waals surface area contributed by atoms with Gasteiger partial charge in [-0.2, -0.15) is 10.1 Å². The van der Waals surface area contributed by atoms with Crippen LogP contribution in [0.4, 0.5) is 17.3 Å². The summed E-state index contributed by atoms with van der Waals surface area (Å²) >= 11 is 0. The summed E-state index contributed by atoms with van der Waals surface area (Å²) in [6.07, 6.45) is 2.48. The summed E-state index contributed by atoms with van der Waals surface area (Å²) < 4.78 is 7.67. The largest absolute Gasteiger partial charge is 0.437 e. The van der Waals surface area contributed by atoms with Gasteiger partial charge in [0.25, 0.3) is 11.6 Å². The molecule has 4 rings (SSSR count). The average Bonchev–Trinajstić information content (AvgIpc) is 3.19. The minimum absolute atomic E-state index is 0.0419. The SMILES string of the molecule is CCc1nc(C(N)=O)c(Nc2cc(C3CCN(C)CC3)n(C)n2)nc1Oc1cccc([N+](=O)[O-])c1. The maximum Gasteiger partial charge on any atom is 0.273 e. The Kier molecular flexibility index (Phi) is 6.92. The van der Waals surface area contributed by atoms with Crippen molar-refractivity contribution in [1.29, 1.82) is 0 Å². The van der Waals surface area contributed by atoms with Gasteiger partial charge in [0.05, 0.1) is 11.0 Å². The molecule has 1 amide bonds. The van der Waals surface area contributed by atoms with E-state index in [4.69, 9.17) is 10.5 Å². The third-order valence-electron chi connectivity index (χ3n) is 6.04. The second-order valence-electron chi connectivity index (χ2n) is 8.53. The first-order chi connectivity index (χ1) is 16.7. The molecule has 0 saturated carbocycles. The number of non-ortho nitro benzene ring substituents is 1. The summed E-state index contributed by atoms with van der Waals surface area (Å²) in [6, 6.07) is 7.70. The number of aryl methyl sites for hydroxylation is 2. The van der Waals surface area contributed by atoms with E-state index < -0.39 is 10.8 Å². The van der Waals surface area contributed by atoms with Crippen molar-refractivity contribution in [2.75, 3.05) is 25.5 Å². The molecule has 0 aliphatic carbocycles. The molecule has 0 atom stereocenters. The van der Waals surface area contributed by atoms with Gasteiger partial charge in [0, 0.05) is 30.8 Å². The molecule has 12 heteroatoms. The number of nitro benzene ring substituents is 1. The molecule has 3 aromatic rings. The number of nitro groups is 1. The van der Waals surface area contributed by atoms with E-state index in [9.17, 15) is 14.9 Å². The fraction of sp³-hybridized carbons (Fsp3) is 0.391. The molecule has 1 aliphatic heterocycles. The molecule has 0 radical (unpaired) electrons. The predicted molar refractivity (Wildman–Crippen MR) is 129 cm³/mol. The van der Waals surface area contributed by atoms with Crippen LogP contribution in [0.5, 0.6) is 11.6 Å². The number of nitrogens with two attached hydrogens (primary N) is 1. The summed E-state index contributed by atoms with van der Waals surface area (Å²) in [5.41, 5.74) is 6.91. The summed E-state index contributed by atoms with van der Waals surface area (Å²) in [6.45, 7) is 3.87. The van der Waals surface area contributed by atoms with Crippen molar-refractivity contribution in [3.8, 4) is 11.6 Å². The van der Waals surface area contributed by atoms with Crippen LogP contribution in [0.1, 0.15) is 47.6 Å². The van der Waals surface area contributed by atoms with Crippen molar-refractivity contribution in [2.24, 2.45) is 12.8 Å². The number of piperidine rings is 1. The number of likely N-dealkylation sites (tertiary alicyclic amines) is 1. The molecule has 1 aliphatic rings. The van der Waals surface area contributed by atoms with Crippen molar-refractivity contribution < 1.29 is 14.5 Å². The molecule has 12 nitrogen and oxygen atoms in total. The van der Waals surface area contributed by atoms with E-state index in [2.05, 4.69) is 32.3 Å². The number of rotatable bonds is 8. The zero-order chi connectivity index (χ0) is 25.1. The van der Waals surface area contributed by atoms with Gasteiger partial charge in [0.15, 0.2) is 17.3 Å². The number of carbonyl (C=O) groups excluding carboxylic acids is 1. The Balaban J connectivity index is 1.65. The third kappa shape index (κ3) is 5.38. The van der Waals surface area contributed by atoms with Crippen molar-refractivity contribution in [2.45, 2.75) is 32.1 Å². The first kappa shape index (κ1) is 24.1. The molecule has 35 heavy (non-hydrogen) atoms. The molecule has 184 valence electrons. The zero-order valence-electron chi connectivity index (χ0n) is 19.9. The smallest absolute Gasteiger partial charge is 0.273 e. The van der Waals surface area contributed by atoms with Gasteiger partial charge >= 0.3 is 0 Å². The van der Waals surface area contributed by atoms with Crippen LogP contribution >= 0.6 is 0 Å². The number of nitrogens with zero attached hydrogens (tertiary/aromatic N) is 6. The molecule has 2 aromatic heterocycles.